The fourth-order valence-electron chi connectivity index (χ4n) is 14.0. The highest BCUT2D eigenvalue weighted by molar-refractivity contribution is 7.89. The number of likely N-dealkylation sites (N-methyl/N-ethyl adjacent to an activating group) is 1. The van der Waals surface area contributed by atoms with Crippen molar-refractivity contribution in [2.45, 2.75) is 187 Å². The summed E-state index contributed by atoms with van der Waals surface area (Å²) in [4.78, 5) is 147. The van der Waals surface area contributed by atoms with Crippen molar-refractivity contribution < 1.29 is 103 Å². The Morgan fingerprint density at radius 3 is 1.16 bits per heavy atom. The molecule has 2 aliphatic carbocycles. The maximum atomic E-state index is 14.5. The third kappa shape index (κ3) is 32.1. The van der Waals surface area contributed by atoms with Crippen molar-refractivity contribution in [2.24, 2.45) is 22.1 Å². The minimum atomic E-state index is -3.50. The van der Waals surface area contributed by atoms with E-state index in [1.165, 1.54) is 64.4 Å². The number of nitrogens with two attached hydrogens (primary N) is 2. The molecule has 12 rings (SSSR count). The first-order chi connectivity index (χ1) is 60.9. The Balaban J connectivity index is 0.000000553. The number of nitrogens with one attached hydrogen (secondary N) is 6. The van der Waals surface area contributed by atoms with Gasteiger partial charge in [0.1, 0.15) is 81.7 Å². The maximum absolute atomic E-state index is 14.5. The van der Waals surface area contributed by atoms with Crippen LogP contribution < -0.4 is 61.1 Å². The van der Waals surface area contributed by atoms with E-state index in [0.29, 0.717) is 62.7 Å². The summed E-state index contributed by atoms with van der Waals surface area (Å²) in [6.07, 6.45) is 5.59. The van der Waals surface area contributed by atoms with E-state index in [9.17, 15) is 75.0 Å². The van der Waals surface area contributed by atoms with Crippen molar-refractivity contribution in [3.8, 4) is 45.5 Å². The molecule has 4 heterocycles. The maximum Gasteiger partial charge on any atom is 0.408 e. The van der Waals surface area contributed by atoms with Gasteiger partial charge in [-0.15, -0.1) is 13.2 Å². The molecule has 10 atom stereocenters. The molecule has 0 radical (unpaired) electrons. The van der Waals surface area contributed by atoms with E-state index in [1.807, 2.05) is 85.7 Å². The number of benzene rings is 6. The molecular weight excluding hydrogens is 1780 g/mol. The molecule has 8 amide bonds. The molecule has 4 aliphatic rings. The lowest BCUT2D eigenvalue weighted by Crippen LogP contribution is -2.58. The monoisotopic (exact) mass is 1910 g/mol. The molecular formula is C98H133N13O22S2. The van der Waals surface area contributed by atoms with E-state index in [0.717, 1.165) is 11.1 Å². The Morgan fingerprint density at radius 1 is 0.526 bits per heavy atom. The first kappa shape index (κ1) is 116. The zero-order valence-corrected chi connectivity index (χ0v) is 74.9. The predicted octanol–water partition coefficient (Wildman–Crippen LogP) is 12.0. The number of likely N-dealkylation sites (tertiary alicyclic amines) is 2. The molecule has 6 aromatic carbocycles. The summed E-state index contributed by atoms with van der Waals surface area (Å²) in [5.41, 5.74) is -0.858. The first-order valence-corrected chi connectivity index (χ1v) is 44.0. The van der Waals surface area contributed by atoms with E-state index < -0.39 is 150 Å². The fourth-order valence-corrected chi connectivity index (χ4v) is 15.1. The van der Waals surface area contributed by atoms with Crippen LogP contribution in [0.15, 0.2) is 229 Å². The molecule has 12 N–H and O–H groups in total. The number of primary sulfonamides is 2. The second-order valence-electron chi connectivity index (χ2n) is 32.9. The van der Waals surface area contributed by atoms with E-state index in [1.54, 1.807) is 148 Å². The zero-order chi connectivity index (χ0) is 94.5. The molecule has 2 saturated heterocycles. The van der Waals surface area contributed by atoms with Gasteiger partial charge in [-0.05, 0) is 130 Å². The standard InChI is InChI=1S/C41H50N6O9.C39H45N5O9.2C6H7NO2S.6CH4/c1-8-26-22-41(26,38(51)52)45-36(49)33-20-28(55-34-21-30(25-13-10-9-11-14-25)43-31-19-27(54-7)16-17-29(31)34)24-47(33)37(50)32(44-39(53)56-40(2,3)4)23-42-35(48)15-12-18-46(5)6;1-7-12-33(45)40-21-30(42-37(50)53-38(3,4)5)35(47)44-22-26(18-31(44)34(46)43-39(36(48)49)20-24(39)8-2)52-32-19-28(23-13-10-9-11-14-23)41-29-17-25(51-6)15-16-27(29)32;2*7-10(8,9)6-4-2-1-3-5-6;;;;;;/h8-17,19,21,26,28,32-33H,1,18,20,22-24H2,2-7H3,(H,42,48)(H,44,53)(H,45,49)(H,51,52);7-17,19,24,26,30-31H,2,18,20-22H2,1,3-6H3,(H,40,45)(H,42,50)(H,43,46)(H,48,49);2*1-5H,(H2,7,8,9);6*1H4/b15-12+;12-7+;;;;;;;;/t26-,28?,32+,33+,41-;24-,26?,30+,31+,39-;;;;;;;;/m11......../s1. The number of sulfonamides is 2. The van der Waals surface area contributed by atoms with Crippen molar-refractivity contribution in [3.05, 3.63) is 219 Å². The molecule has 2 unspecified atom stereocenters. The number of carboxylic acid groups (broad SMARTS) is 2. The molecule has 37 heteroatoms. The molecule has 35 nitrogen and oxygen atoms in total. The number of methoxy groups -OCH3 is 2. The minimum absolute atomic E-state index is 0. The van der Waals surface area contributed by atoms with Gasteiger partial charge < -0.3 is 85.2 Å². The third-order valence-electron chi connectivity index (χ3n) is 20.6. The number of rotatable bonds is 30. The smallest absolute Gasteiger partial charge is 0.408 e. The second kappa shape index (κ2) is 50.5. The summed E-state index contributed by atoms with van der Waals surface area (Å²) >= 11 is 0. The van der Waals surface area contributed by atoms with Crippen LogP contribution in [0.25, 0.3) is 44.3 Å². The molecule has 135 heavy (non-hydrogen) atoms. The zero-order valence-electron chi connectivity index (χ0n) is 73.3. The lowest BCUT2D eigenvalue weighted by Gasteiger charge is -2.30. The van der Waals surface area contributed by atoms with Crippen LogP contribution in [0.2, 0.25) is 0 Å². The lowest BCUT2D eigenvalue weighted by atomic mass is 10.1. The number of alkyl carbamates (subject to hydrolysis) is 2. The summed E-state index contributed by atoms with van der Waals surface area (Å²) in [7, 11) is -0.207. The summed E-state index contributed by atoms with van der Waals surface area (Å²) < 4.78 is 77.4. The van der Waals surface area contributed by atoms with Gasteiger partial charge in [-0.3, -0.25) is 28.8 Å². The SMILES string of the molecule is C.C.C.C.C.C.C=C[C@@H]1C[C@]1(NC(=O)[C@@H]1CC(Oc2cc(-c3ccccc3)nc3cc(OC)ccc23)CN1C(=O)[C@H](CNC(=O)/C=C/C)NC(=O)OC(C)(C)C)C(=O)O.C=C[C@@H]1C[C@]1(NC(=O)[C@@H]1CC(Oc2cc(-c3ccccc3)nc3cc(OC)ccc23)CN1C(=O)[C@H](CNC(=O)/C=C/CN(C)C)NC(=O)OC(C)(C)C)C(=O)O.NS(=O)(=O)c1ccccc1.NS(=O)(=O)c1ccccc1. The van der Waals surface area contributed by atoms with Crippen LogP contribution in [0, 0.1) is 11.8 Å². The molecule has 4 fully saturated rings. The van der Waals surface area contributed by atoms with Gasteiger partial charge in [-0.25, -0.2) is 56.3 Å². The number of carbonyl (C=O) groups excluding carboxylic acids is 8. The van der Waals surface area contributed by atoms with Gasteiger partial charge in [0.15, 0.2) is 0 Å². The van der Waals surface area contributed by atoms with Crippen molar-refractivity contribution >= 4 is 101 Å². The number of aliphatic carboxylic acids is 2. The average molecular weight is 1910 g/mol. The number of nitrogens with zero attached hydrogens (tertiary/aromatic N) is 5. The number of carboxylic acids is 2. The summed E-state index contributed by atoms with van der Waals surface area (Å²) in [5, 5.41) is 46.8. The fraction of sp³-hybridized carbons (Fsp3) is 0.388. The van der Waals surface area contributed by atoms with Gasteiger partial charge in [-0.1, -0.05) is 166 Å². The van der Waals surface area contributed by atoms with Crippen molar-refractivity contribution in [1.82, 2.24) is 56.6 Å². The quantitative estimate of drug-likeness (QED) is 0.0148. The Labute approximate surface area is 792 Å². The Hall–Kier alpha value is -13.6. The largest absolute Gasteiger partial charge is 0.497 e. The average Bonchev–Trinajstić information content (AvgIpc) is 1.59. The third-order valence-corrected chi connectivity index (χ3v) is 22.4. The number of amides is 8. The predicted molar refractivity (Wildman–Crippen MR) is 521 cm³/mol. The highest BCUT2D eigenvalue weighted by Crippen LogP contribution is 2.47. The van der Waals surface area contributed by atoms with Gasteiger partial charge in [0.25, 0.3) is 0 Å². The van der Waals surface area contributed by atoms with E-state index in [4.69, 9.17) is 48.7 Å². The van der Waals surface area contributed by atoms with Gasteiger partial charge in [0.2, 0.25) is 55.5 Å². The van der Waals surface area contributed by atoms with E-state index in [-0.39, 0.29) is 106 Å². The lowest BCUT2D eigenvalue weighted by molar-refractivity contribution is -0.146. The van der Waals surface area contributed by atoms with Crippen LogP contribution in [-0.2, 0) is 67.9 Å². The topological polar surface area (TPSA) is 495 Å². The molecule has 2 saturated carbocycles. The van der Waals surface area contributed by atoms with Gasteiger partial charge in [-0.2, -0.15) is 0 Å². The van der Waals surface area contributed by atoms with Crippen LogP contribution >= 0.6 is 0 Å². The van der Waals surface area contributed by atoms with Crippen LogP contribution in [0.5, 0.6) is 23.0 Å². The Morgan fingerprint density at radius 2 is 0.867 bits per heavy atom. The minimum Gasteiger partial charge on any atom is -0.497 e. The van der Waals surface area contributed by atoms with Gasteiger partial charge >= 0.3 is 24.1 Å². The van der Waals surface area contributed by atoms with Crippen molar-refractivity contribution in [3.63, 3.8) is 0 Å². The van der Waals surface area contributed by atoms with Crippen molar-refractivity contribution in [1.29, 1.82) is 0 Å². The number of hydrogen-bond donors (Lipinski definition) is 10. The van der Waals surface area contributed by atoms with Crippen LogP contribution in [0.1, 0.15) is 119 Å². The number of pyridine rings is 2. The normalized spacial score (nSPS) is 18.8. The van der Waals surface area contributed by atoms with Crippen LogP contribution in [0.4, 0.5) is 9.59 Å². The first-order valence-electron chi connectivity index (χ1n) is 40.9. The number of allylic oxidation sites excluding steroid dienone is 1. The second-order valence-corrected chi connectivity index (χ2v) is 36.0. The highest BCUT2D eigenvalue weighted by Gasteiger charge is 2.63. The Bertz CT molecular complexity index is 5660. The Kier molecular flexibility index (Phi) is 43.2. The molecule has 8 aromatic rings. The molecule has 2 aromatic heterocycles. The van der Waals surface area contributed by atoms with Gasteiger partial charge in [0, 0.05) is 96.6 Å². The van der Waals surface area contributed by atoms with Crippen LogP contribution in [-0.4, -0.2) is 231 Å². The van der Waals surface area contributed by atoms with Gasteiger partial charge in [0.05, 0.1) is 59.5 Å². The van der Waals surface area contributed by atoms with E-state index in [2.05, 4.69) is 45.1 Å². The van der Waals surface area contributed by atoms with Crippen LogP contribution in [0.3, 0.4) is 0 Å². The van der Waals surface area contributed by atoms with Crippen molar-refractivity contribution in [2.75, 3.05) is 61.0 Å². The summed E-state index contributed by atoms with van der Waals surface area (Å²) in [6, 6.07) is 43.9. The molecule has 0 bridgehead atoms. The molecule has 2 aliphatic heterocycles. The number of aromatic nitrogens is 2. The number of fused-ring (bicyclic) bond motifs is 2. The number of ether oxygens (including phenoxy) is 6. The molecule has 0 spiro atoms. The van der Waals surface area contributed by atoms with E-state index >= 15 is 0 Å². The number of carbonyl (C=O) groups is 10. The molecule has 734 valence electrons. The summed E-state index contributed by atoms with van der Waals surface area (Å²) in [6.45, 7) is 18.6. The summed E-state index contributed by atoms with van der Waals surface area (Å²) in [5.74, 6) is -5.24. The number of hydrogen-bond acceptors (Lipinski definition) is 23. The highest BCUT2D eigenvalue weighted by atomic mass is 32.2.